The van der Waals surface area contributed by atoms with E-state index in [0.717, 1.165) is 45.8 Å². The van der Waals surface area contributed by atoms with Gasteiger partial charge in [0.05, 0.1) is 12.5 Å². The first-order valence-corrected chi connectivity index (χ1v) is 13.9. The van der Waals surface area contributed by atoms with Gasteiger partial charge in [-0.15, -0.1) is 0 Å². The molecule has 1 aromatic heterocycles. The summed E-state index contributed by atoms with van der Waals surface area (Å²) >= 11 is 0. The number of hydrogen-bond acceptors (Lipinski definition) is 2. The third-order valence-corrected chi connectivity index (χ3v) is 8.43. The molecule has 5 nitrogen and oxygen atoms in total. The number of nitrogens with one attached hydrogen (secondary N) is 1. The predicted molar refractivity (Wildman–Crippen MR) is 154 cm³/mol. The van der Waals surface area contributed by atoms with Crippen molar-refractivity contribution >= 4 is 33.5 Å². The third-order valence-electron chi connectivity index (χ3n) is 8.43. The summed E-state index contributed by atoms with van der Waals surface area (Å²) in [6, 6.07) is 32.4. The first-order valence-electron chi connectivity index (χ1n) is 13.9. The van der Waals surface area contributed by atoms with Crippen LogP contribution in [0.5, 0.6) is 0 Å². The number of carbonyl (C=O) groups is 2. The van der Waals surface area contributed by atoms with Gasteiger partial charge in [0.1, 0.15) is 6.04 Å². The molecule has 2 atom stereocenters. The van der Waals surface area contributed by atoms with Crippen LogP contribution in [0.4, 0.5) is 0 Å². The van der Waals surface area contributed by atoms with Crippen LogP contribution in [0.2, 0.25) is 0 Å². The quantitative estimate of drug-likeness (QED) is 0.310. The summed E-state index contributed by atoms with van der Waals surface area (Å²) in [5, 5.41) is 3.45. The molecular formula is C34H31N3O2. The van der Waals surface area contributed by atoms with Crippen molar-refractivity contribution in [2.24, 2.45) is 0 Å². The van der Waals surface area contributed by atoms with Gasteiger partial charge in [0.15, 0.2) is 0 Å². The summed E-state index contributed by atoms with van der Waals surface area (Å²) in [6.07, 6.45) is 2.67. The summed E-state index contributed by atoms with van der Waals surface area (Å²) in [5.74, 6) is 0.0870. The van der Waals surface area contributed by atoms with E-state index in [4.69, 9.17) is 0 Å². The summed E-state index contributed by atoms with van der Waals surface area (Å²) < 4.78 is 0. The fourth-order valence-corrected chi connectivity index (χ4v) is 6.55. The van der Waals surface area contributed by atoms with Gasteiger partial charge in [-0.25, -0.2) is 0 Å². The average molecular weight is 514 g/mol. The lowest BCUT2D eigenvalue weighted by Gasteiger charge is -2.49. The Hall–Kier alpha value is -4.38. The van der Waals surface area contributed by atoms with Gasteiger partial charge in [-0.05, 0) is 46.4 Å². The Balaban J connectivity index is 1.18. The zero-order valence-electron chi connectivity index (χ0n) is 21.8. The minimum Gasteiger partial charge on any atom is -0.356 e. The Kier molecular flexibility index (Phi) is 5.92. The van der Waals surface area contributed by atoms with Gasteiger partial charge >= 0.3 is 0 Å². The van der Waals surface area contributed by atoms with E-state index in [1.165, 1.54) is 11.1 Å². The number of para-hydroxylation sites is 1. The average Bonchev–Trinajstić information content (AvgIpc) is 3.34. The molecule has 1 fully saturated rings. The van der Waals surface area contributed by atoms with Gasteiger partial charge in [0.25, 0.3) is 0 Å². The molecule has 1 N–H and O–H groups in total. The molecule has 39 heavy (non-hydrogen) atoms. The number of aromatic nitrogens is 1. The number of amides is 2. The van der Waals surface area contributed by atoms with Crippen molar-refractivity contribution in [3.8, 4) is 0 Å². The van der Waals surface area contributed by atoms with Crippen molar-refractivity contribution in [1.82, 2.24) is 14.8 Å². The van der Waals surface area contributed by atoms with Gasteiger partial charge < -0.3 is 14.8 Å². The Bertz CT molecular complexity index is 1690. The molecule has 7 rings (SSSR count). The molecule has 2 aliphatic heterocycles. The molecule has 1 saturated heterocycles. The minimum absolute atomic E-state index is 0.0156. The molecule has 2 bridgehead atoms. The van der Waals surface area contributed by atoms with Gasteiger partial charge in [-0.3, -0.25) is 9.59 Å². The molecule has 2 amide bonds. The second-order valence-electron chi connectivity index (χ2n) is 10.8. The van der Waals surface area contributed by atoms with E-state index in [1.807, 2.05) is 46.2 Å². The number of fused-ring (bicyclic) bond motifs is 7. The number of hydrogen-bond donors (Lipinski definition) is 1. The van der Waals surface area contributed by atoms with Crippen LogP contribution in [0, 0.1) is 0 Å². The van der Waals surface area contributed by atoms with Crippen LogP contribution >= 0.6 is 0 Å². The minimum atomic E-state index is -0.472. The monoisotopic (exact) mass is 513 g/mol. The molecule has 194 valence electrons. The van der Waals surface area contributed by atoms with E-state index in [0.29, 0.717) is 19.5 Å². The first-order chi connectivity index (χ1) is 19.2. The molecule has 1 unspecified atom stereocenters. The van der Waals surface area contributed by atoms with Gasteiger partial charge in [-0.2, -0.15) is 0 Å². The largest absolute Gasteiger partial charge is 0.356 e. The topological polar surface area (TPSA) is 56.4 Å². The maximum Gasteiger partial charge on any atom is 0.245 e. The lowest BCUT2D eigenvalue weighted by atomic mass is 9.87. The number of benzene rings is 4. The van der Waals surface area contributed by atoms with E-state index >= 15 is 0 Å². The molecule has 0 aliphatic carbocycles. The van der Waals surface area contributed by atoms with E-state index in [9.17, 15) is 9.59 Å². The van der Waals surface area contributed by atoms with Crippen LogP contribution in [0.15, 0.2) is 97.1 Å². The fourth-order valence-electron chi connectivity index (χ4n) is 6.55. The summed E-state index contributed by atoms with van der Waals surface area (Å²) in [5.41, 5.74) is 5.60. The van der Waals surface area contributed by atoms with Gasteiger partial charge in [0.2, 0.25) is 11.8 Å². The van der Waals surface area contributed by atoms with E-state index in [2.05, 4.69) is 65.6 Å². The number of aromatic amines is 1. The van der Waals surface area contributed by atoms with Crippen LogP contribution in [-0.2, 0) is 28.9 Å². The van der Waals surface area contributed by atoms with Crippen molar-refractivity contribution in [3.63, 3.8) is 0 Å². The number of nitrogens with zero attached hydrogens (tertiary/aromatic N) is 2. The summed E-state index contributed by atoms with van der Waals surface area (Å²) in [4.78, 5) is 35.4. The van der Waals surface area contributed by atoms with Crippen molar-refractivity contribution in [3.05, 3.63) is 119 Å². The molecule has 5 heteroatoms. The SMILES string of the molecule is O=C1C2Cc3c([nH]c4ccccc34)[C@@H](CN1CCCc1ccccc1)N2C(=O)Cc1ccc2ccccc2c1. The molecule has 5 aromatic rings. The van der Waals surface area contributed by atoms with Crippen LogP contribution in [0.3, 0.4) is 0 Å². The highest BCUT2D eigenvalue weighted by Crippen LogP contribution is 2.41. The first kappa shape index (κ1) is 23.7. The molecule has 0 spiro atoms. The Morgan fingerprint density at radius 2 is 1.59 bits per heavy atom. The number of aryl methyl sites for hydroxylation is 1. The Morgan fingerprint density at radius 1 is 0.821 bits per heavy atom. The molecule has 0 radical (unpaired) electrons. The van der Waals surface area contributed by atoms with Gasteiger partial charge in [-0.1, -0.05) is 91.0 Å². The second kappa shape index (κ2) is 9.73. The molecule has 3 heterocycles. The number of piperazine rings is 1. The lowest BCUT2D eigenvalue weighted by molar-refractivity contribution is -0.157. The number of H-pyrrole nitrogens is 1. The molecule has 0 saturated carbocycles. The normalized spacial score (nSPS) is 18.5. The van der Waals surface area contributed by atoms with Crippen LogP contribution in [0.1, 0.15) is 34.8 Å². The highest BCUT2D eigenvalue weighted by molar-refractivity contribution is 5.94. The van der Waals surface area contributed by atoms with Crippen LogP contribution < -0.4 is 0 Å². The third kappa shape index (κ3) is 4.28. The highest BCUT2D eigenvalue weighted by Gasteiger charge is 2.48. The van der Waals surface area contributed by atoms with Crippen LogP contribution in [-0.4, -0.2) is 45.7 Å². The standard InChI is InChI=1S/C34H31N3O2/c38-32(20-24-16-17-25-12-4-5-13-26(25)19-24)37-30-21-28-27-14-6-7-15-29(27)35-33(28)31(37)22-36(34(30)39)18-8-11-23-9-2-1-3-10-23/h1-7,9-10,12-17,19,30-31,35H,8,11,18,20-22H2/t30?,31-/m1/s1. The van der Waals surface area contributed by atoms with E-state index in [-0.39, 0.29) is 24.3 Å². The molecule has 2 aliphatic rings. The predicted octanol–water partition coefficient (Wildman–Crippen LogP) is 5.83. The number of carbonyl (C=O) groups excluding carboxylic acids is 2. The Labute approximate surface area is 228 Å². The summed E-state index contributed by atoms with van der Waals surface area (Å²) in [7, 11) is 0. The summed E-state index contributed by atoms with van der Waals surface area (Å²) in [6.45, 7) is 1.22. The van der Waals surface area contributed by atoms with Crippen molar-refractivity contribution in [1.29, 1.82) is 0 Å². The smallest absolute Gasteiger partial charge is 0.245 e. The zero-order chi connectivity index (χ0) is 26.3. The van der Waals surface area contributed by atoms with E-state index in [1.54, 1.807) is 0 Å². The maximum absolute atomic E-state index is 13.9. The zero-order valence-corrected chi connectivity index (χ0v) is 21.8. The maximum atomic E-state index is 13.9. The van der Waals surface area contributed by atoms with Crippen molar-refractivity contribution in [2.75, 3.05) is 13.1 Å². The molecular weight excluding hydrogens is 482 g/mol. The van der Waals surface area contributed by atoms with Crippen molar-refractivity contribution < 1.29 is 9.59 Å². The Morgan fingerprint density at radius 3 is 2.46 bits per heavy atom. The van der Waals surface area contributed by atoms with E-state index < -0.39 is 6.04 Å². The highest BCUT2D eigenvalue weighted by atomic mass is 16.2. The van der Waals surface area contributed by atoms with Gasteiger partial charge in [0, 0.05) is 36.1 Å². The fraction of sp³-hybridized carbons (Fsp3) is 0.235. The second-order valence-corrected chi connectivity index (χ2v) is 10.8. The number of rotatable bonds is 6. The van der Waals surface area contributed by atoms with Crippen LogP contribution in [0.25, 0.3) is 21.7 Å². The molecule has 4 aromatic carbocycles. The van der Waals surface area contributed by atoms with Crippen molar-refractivity contribution in [2.45, 2.75) is 37.8 Å². The lowest BCUT2D eigenvalue weighted by Crippen LogP contribution is -2.63.